The molecule has 1 saturated carbocycles. The summed E-state index contributed by atoms with van der Waals surface area (Å²) < 4.78 is 0. The average molecular weight is 299 g/mol. The van der Waals surface area contributed by atoms with Gasteiger partial charge in [-0.25, -0.2) is 0 Å². The SMILES string of the molecule is CN1CCN(C2CC3(CCNCC3)C2)C(c2ccccc2)C1. The zero-order chi connectivity index (χ0) is 15.0. The zero-order valence-electron chi connectivity index (χ0n) is 13.8. The molecular formula is C19H29N3. The summed E-state index contributed by atoms with van der Waals surface area (Å²) in [6, 6.07) is 12.6. The van der Waals surface area contributed by atoms with E-state index >= 15 is 0 Å². The van der Waals surface area contributed by atoms with Crippen LogP contribution in [0.25, 0.3) is 0 Å². The van der Waals surface area contributed by atoms with Crippen LogP contribution in [0.15, 0.2) is 30.3 Å². The van der Waals surface area contributed by atoms with E-state index in [0.29, 0.717) is 11.5 Å². The van der Waals surface area contributed by atoms with Crippen LogP contribution in [-0.2, 0) is 0 Å². The summed E-state index contributed by atoms with van der Waals surface area (Å²) in [6.45, 7) is 6.09. The predicted molar refractivity (Wildman–Crippen MR) is 90.9 cm³/mol. The number of hydrogen-bond acceptors (Lipinski definition) is 3. The number of nitrogens with one attached hydrogen (secondary N) is 1. The molecular weight excluding hydrogens is 270 g/mol. The van der Waals surface area contributed by atoms with Gasteiger partial charge in [0.1, 0.15) is 0 Å². The molecule has 120 valence electrons. The van der Waals surface area contributed by atoms with Crippen molar-refractivity contribution in [3.63, 3.8) is 0 Å². The van der Waals surface area contributed by atoms with Gasteiger partial charge in [0.15, 0.2) is 0 Å². The maximum absolute atomic E-state index is 3.52. The second-order valence-corrected chi connectivity index (χ2v) is 7.74. The van der Waals surface area contributed by atoms with Gasteiger partial charge in [-0.05, 0) is 56.8 Å². The van der Waals surface area contributed by atoms with Crippen molar-refractivity contribution < 1.29 is 0 Å². The van der Waals surface area contributed by atoms with Gasteiger partial charge in [0, 0.05) is 31.7 Å². The molecule has 3 aliphatic rings. The number of piperidine rings is 1. The summed E-state index contributed by atoms with van der Waals surface area (Å²) in [4.78, 5) is 5.32. The molecule has 3 nitrogen and oxygen atoms in total. The van der Waals surface area contributed by atoms with Gasteiger partial charge in [-0.1, -0.05) is 30.3 Å². The van der Waals surface area contributed by atoms with E-state index in [1.54, 1.807) is 0 Å². The first-order valence-corrected chi connectivity index (χ1v) is 8.96. The van der Waals surface area contributed by atoms with E-state index in [4.69, 9.17) is 0 Å². The van der Waals surface area contributed by atoms with Crippen LogP contribution in [0.5, 0.6) is 0 Å². The van der Waals surface area contributed by atoms with Gasteiger partial charge in [-0.3, -0.25) is 4.90 Å². The summed E-state index contributed by atoms with van der Waals surface area (Å²) in [6.07, 6.45) is 5.66. The Balaban J connectivity index is 1.48. The molecule has 3 heteroatoms. The molecule has 1 unspecified atom stereocenters. The lowest BCUT2D eigenvalue weighted by Crippen LogP contribution is -2.59. The first-order valence-electron chi connectivity index (χ1n) is 8.96. The number of likely N-dealkylation sites (N-methyl/N-ethyl adjacent to an activating group) is 1. The van der Waals surface area contributed by atoms with Crippen molar-refractivity contribution in [3.8, 4) is 0 Å². The van der Waals surface area contributed by atoms with Gasteiger partial charge in [-0.15, -0.1) is 0 Å². The lowest BCUT2D eigenvalue weighted by atomic mass is 9.60. The maximum Gasteiger partial charge on any atom is 0.0478 e. The van der Waals surface area contributed by atoms with Gasteiger partial charge in [-0.2, -0.15) is 0 Å². The Labute approximate surface area is 134 Å². The van der Waals surface area contributed by atoms with Crippen LogP contribution in [0.1, 0.15) is 37.3 Å². The summed E-state index contributed by atoms with van der Waals surface area (Å²) in [5, 5.41) is 3.52. The van der Waals surface area contributed by atoms with Crippen LogP contribution in [0.3, 0.4) is 0 Å². The fraction of sp³-hybridized carbons (Fsp3) is 0.684. The normalized spacial score (nSPS) is 30.3. The fourth-order valence-corrected chi connectivity index (χ4v) is 4.88. The van der Waals surface area contributed by atoms with Crippen molar-refractivity contribution >= 4 is 0 Å². The lowest BCUT2D eigenvalue weighted by Gasteiger charge is -2.57. The molecule has 2 heterocycles. The van der Waals surface area contributed by atoms with E-state index < -0.39 is 0 Å². The van der Waals surface area contributed by atoms with Crippen molar-refractivity contribution in [1.29, 1.82) is 0 Å². The molecule has 0 amide bonds. The van der Waals surface area contributed by atoms with Gasteiger partial charge in [0.05, 0.1) is 0 Å². The van der Waals surface area contributed by atoms with Crippen LogP contribution < -0.4 is 5.32 Å². The first kappa shape index (κ1) is 14.7. The summed E-state index contributed by atoms with van der Waals surface area (Å²) in [5.41, 5.74) is 2.18. The highest BCUT2D eigenvalue weighted by molar-refractivity contribution is 5.21. The second-order valence-electron chi connectivity index (χ2n) is 7.74. The Bertz CT molecular complexity index is 487. The maximum atomic E-state index is 3.52. The molecule has 1 aliphatic carbocycles. The van der Waals surface area contributed by atoms with Gasteiger partial charge >= 0.3 is 0 Å². The Hall–Kier alpha value is -0.900. The summed E-state index contributed by atoms with van der Waals surface area (Å²) >= 11 is 0. The monoisotopic (exact) mass is 299 g/mol. The van der Waals surface area contributed by atoms with Crippen LogP contribution in [0.4, 0.5) is 0 Å². The van der Waals surface area contributed by atoms with Crippen molar-refractivity contribution in [3.05, 3.63) is 35.9 Å². The standard InChI is InChI=1S/C19H29N3/c1-21-11-12-22(18(15-21)16-5-3-2-4-6-16)17-13-19(14-17)7-9-20-10-8-19/h2-6,17-18,20H,7-15H2,1H3. The van der Waals surface area contributed by atoms with Crippen LogP contribution in [0.2, 0.25) is 0 Å². The van der Waals surface area contributed by atoms with E-state index in [0.717, 1.165) is 6.04 Å². The van der Waals surface area contributed by atoms with E-state index in [2.05, 4.69) is 52.5 Å². The quantitative estimate of drug-likeness (QED) is 0.905. The van der Waals surface area contributed by atoms with Crippen LogP contribution in [0, 0.1) is 5.41 Å². The highest BCUT2D eigenvalue weighted by atomic mass is 15.3. The fourth-order valence-electron chi connectivity index (χ4n) is 4.88. The van der Waals surface area contributed by atoms with Crippen molar-refractivity contribution in [2.45, 2.75) is 37.8 Å². The highest BCUT2D eigenvalue weighted by Gasteiger charge is 2.48. The minimum Gasteiger partial charge on any atom is -0.317 e. The smallest absolute Gasteiger partial charge is 0.0478 e. The Morgan fingerprint density at radius 3 is 2.50 bits per heavy atom. The summed E-state index contributed by atoms with van der Waals surface area (Å²) in [7, 11) is 2.27. The van der Waals surface area contributed by atoms with Crippen molar-refractivity contribution in [1.82, 2.24) is 15.1 Å². The molecule has 2 aliphatic heterocycles. The molecule has 2 saturated heterocycles. The van der Waals surface area contributed by atoms with Crippen molar-refractivity contribution in [2.75, 3.05) is 39.8 Å². The first-order chi connectivity index (χ1) is 10.8. The number of rotatable bonds is 2. The average Bonchev–Trinajstić information content (AvgIpc) is 2.54. The molecule has 1 aromatic carbocycles. The molecule has 3 fully saturated rings. The third-order valence-electron chi connectivity index (χ3n) is 6.28. The lowest BCUT2D eigenvalue weighted by molar-refractivity contribution is -0.0606. The number of nitrogens with zero attached hydrogens (tertiary/aromatic N) is 2. The van der Waals surface area contributed by atoms with Gasteiger partial charge in [0.2, 0.25) is 0 Å². The third-order valence-corrected chi connectivity index (χ3v) is 6.28. The van der Waals surface area contributed by atoms with E-state index in [9.17, 15) is 0 Å². The molecule has 1 N–H and O–H groups in total. The number of piperazine rings is 1. The molecule has 22 heavy (non-hydrogen) atoms. The van der Waals surface area contributed by atoms with Crippen LogP contribution in [-0.4, -0.2) is 55.6 Å². The van der Waals surface area contributed by atoms with E-state index in [1.165, 1.54) is 64.0 Å². The van der Waals surface area contributed by atoms with Crippen LogP contribution >= 0.6 is 0 Å². The number of hydrogen-bond donors (Lipinski definition) is 1. The molecule has 0 bridgehead atoms. The molecule has 1 atom stereocenters. The van der Waals surface area contributed by atoms with Gasteiger partial charge in [0.25, 0.3) is 0 Å². The largest absolute Gasteiger partial charge is 0.317 e. The van der Waals surface area contributed by atoms with Crippen molar-refractivity contribution in [2.24, 2.45) is 5.41 Å². The molecule has 0 radical (unpaired) electrons. The third kappa shape index (κ3) is 2.70. The predicted octanol–water partition coefficient (Wildman–Crippen LogP) is 2.51. The molecule has 0 aromatic heterocycles. The van der Waals surface area contributed by atoms with E-state index in [1.807, 2.05) is 0 Å². The Kier molecular flexibility index (Phi) is 3.97. The Morgan fingerprint density at radius 1 is 1.05 bits per heavy atom. The topological polar surface area (TPSA) is 18.5 Å². The minimum absolute atomic E-state index is 0.587. The number of benzene rings is 1. The molecule has 1 spiro atoms. The molecule has 4 rings (SSSR count). The van der Waals surface area contributed by atoms with E-state index in [-0.39, 0.29) is 0 Å². The second kappa shape index (κ2) is 5.95. The molecule has 1 aromatic rings. The zero-order valence-corrected chi connectivity index (χ0v) is 13.8. The van der Waals surface area contributed by atoms with Gasteiger partial charge < -0.3 is 10.2 Å². The summed E-state index contributed by atoms with van der Waals surface area (Å²) in [5.74, 6) is 0. The minimum atomic E-state index is 0.587. The Morgan fingerprint density at radius 2 is 1.77 bits per heavy atom. The highest BCUT2D eigenvalue weighted by Crippen LogP contribution is 2.51.